The van der Waals surface area contributed by atoms with Crippen LogP contribution in [-0.2, 0) is 51.2 Å². The van der Waals surface area contributed by atoms with Gasteiger partial charge in [0.05, 0.1) is 33.0 Å². The number of aryl methyl sites for hydroxylation is 5. The average Bonchev–Trinajstić information content (AvgIpc) is 3.28. The highest BCUT2D eigenvalue weighted by atomic mass is 16.5. The van der Waals surface area contributed by atoms with E-state index in [1.165, 1.54) is 58.2 Å². The molecule has 0 atom stereocenters. The third kappa shape index (κ3) is 14.0. The van der Waals surface area contributed by atoms with Crippen molar-refractivity contribution in [2.45, 2.75) is 125 Å². The maximum Gasteiger partial charge on any atom is 0.333 e. The lowest BCUT2D eigenvalue weighted by atomic mass is 9.82. The molecule has 7 heteroatoms. The van der Waals surface area contributed by atoms with Crippen molar-refractivity contribution >= 4 is 11.9 Å². The van der Waals surface area contributed by atoms with Gasteiger partial charge in [-0.05, 0) is 151 Å². The lowest BCUT2D eigenvalue weighted by Crippen LogP contribution is -2.31. The van der Waals surface area contributed by atoms with Gasteiger partial charge >= 0.3 is 11.9 Å². The molecule has 0 saturated carbocycles. The zero-order valence-corrected chi connectivity index (χ0v) is 38.5. The van der Waals surface area contributed by atoms with Crippen molar-refractivity contribution in [1.82, 2.24) is 0 Å². The Morgan fingerprint density at radius 3 is 1.48 bits per heavy atom. The van der Waals surface area contributed by atoms with Crippen molar-refractivity contribution in [2.75, 3.05) is 33.0 Å². The Morgan fingerprint density at radius 1 is 0.548 bits per heavy atom. The lowest BCUT2D eigenvalue weighted by Gasteiger charge is -2.30. The van der Waals surface area contributed by atoms with Crippen LogP contribution in [0.3, 0.4) is 0 Å². The molecule has 0 aliphatic rings. The van der Waals surface area contributed by atoms with Crippen LogP contribution >= 0.6 is 0 Å². The van der Waals surface area contributed by atoms with E-state index in [4.69, 9.17) is 14.2 Å². The van der Waals surface area contributed by atoms with Crippen LogP contribution < -0.4 is 4.74 Å². The van der Waals surface area contributed by atoms with Gasteiger partial charge < -0.3 is 24.4 Å². The smallest absolute Gasteiger partial charge is 0.333 e. The molecule has 0 amide bonds. The molecule has 0 aromatic heterocycles. The number of hydrogen-bond donors (Lipinski definition) is 2. The third-order valence-electron chi connectivity index (χ3n) is 11.9. The normalized spacial score (nSPS) is 11.4. The summed E-state index contributed by atoms with van der Waals surface area (Å²) in [5.41, 5.74) is 13.0. The number of benzene rings is 4. The van der Waals surface area contributed by atoms with E-state index in [-0.39, 0.29) is 26.4 Å². The Bertz CT molecular complexity index is 2030. The van der Waals surface area contributed by atoms with Crippen LogP contribution in [0.1, 0.15) is 121 Å². The van der Waals surface area contributed by atoms with Crippen LogP contribution in [0.2, 0.25) is 0 Å². The first-order valence-corrected chi connectivity index (χ1v) is 22.9. The molecule has 0 unspecified atom stereocenters. The lowest BCUT2D eigenvalue weighted by molar-refractivity contribution is -0.139. The van der Waals surface area contributed by atoms with E-state index in [2.05, 4.69) is 107 Å². The summed E-state index contributed by atoms with van der Waals surface area (Å²) in [7, 11) is 0. The average molecular weight is 845 g/mol. The molecule has 0 fully saturated rings. The summed E-state index contributed by atoms with van der Waals surface area (Å²) < 4.78 is 17.6. The summed E-state index contributed by atoms with van der Waals surface area (Å²) in [6.45, 7) is 19.9. The van der Waals surface area contributed by atoms with Gasteiger partial charge in [0.2, 0.25) is 0 Å². The Balaban J connectivity index is 1.73. The minimum Gasteiger partial charge on any atom is -0.493 e. The van der Waals surface area contributed by atoms with E-state index in [0.29, 0.717) is 56.3 Å². The molecular formula is C55H72O7. The molecule has 334 valence electrons. The minimum absolute atomic E-state index is 0.131. The molecule has 4 aromatic rings. The largest absolute Gasteiger partial charge is 0.493 e. The van der Waals surface area contributed by atoms with E-state index < -0.39 is 17.4 Å². The number of rotatable bonds is 27. The number of carbonyl (C=O) groups excluding carboxylic acids is 2. The van der Waals surface area contributed by atoms with E-state index >= 15 is 0 Å². The molecule has 4 rings (SSSR count). The maximum absolute atomic E-state index is 12.2. The summed E-state index contributed by atoms with van der Waals surface area (Å²) in [5.74, 6) is -0.0955. The van der Waals surface area contributed by atoms with Crippen LogP contribution in [0.25, 0.3) is 33.4 Å². The second-order valence-corrected chi connectivity index (χ2v) is 16.9. The van der Waals surface area contributed by atoms with Crippen LogP contribution in [0.4, 0.5) is 0 Å². The van der Waals surface area contributed by atoms with Crippen molar-refractivity contribution in [3.8, 4) is 39.1 Å². The molecular weight excluding hydrogens is 773 g/mol. The Kier molecular flexibility index (Phi) is 20.2. The van der Waals surface area contributed by atoms with Crippen LogP contribution in [0.5, 0.6) is 5.75 Å². The Hall–Kier alpha value is -4.98. The SMILES string of the molecule is C=C(C)C(=O)OCCCc1cc(-c2ccc(-c3ccc(-c4ccc(CCCCC)cc4)c(CC)c3)cc2CC)cc(CCCOC(=O)C(=C)C)c1OCCC(CO)(CO)CCC. The second kappa shape index (κ2) is 25.2. The third-order valence-corrected chi connectivity index (χ3v) is 11.9. The predicted molar refractivity (Wildman–Crippen MR) is 255 cm³/mol. The highest BCUT2D eigenvalue weighted by molar-refractivity contribution is 5.87. The topological polar surface area (TPSA) is 102 Å². The van der Waals surface area contributed by atoms with Gasteiger partial charge in [0, 0.05) is 16.6 Å². The summed E-state index contributed by atoms with van der Waals surface area (Å²) >= 11 is 0. The number of unbranched alkanes of at least 4 members (excludes halogenated alkanes) is 2. The molecule has 0 aliphatic carbocycles. The molecule has 7 nitrogen and oxygen atoms in total. The molecule has 0 bridgehead atoms. The van der Waals surface area contributed by atoms with Gasteiger partial charge in [-0.25, -0.2) is 9.59 Å². The molecule has 0 radical (unpaired) electrons. The van der Waals surface area contributed by atoms with Crippen molar-refractivity contribution in [1.29, 1.82) is 0 Å². The van der Waals surface area contributed by atoms with E-state index in [0.717, 1.165) is 53.7 Å². The number of aliphatic hydroxyl groups excluding tert-OH is 2. The van der Waals surface area contributed by atoms with Gasteiger partial charge in [-0.1, -0.05) is 121 Å². The summed E-state index contributed by atoms with van der Waals surface area (Å²) in [6, 6.07) is 27.1. The monoisotopic (exact) mass is 845 g/mol. The van der Waals surface area contributed by atoms with Crippen molar-refractivity contribution in [2.24, 2.45) is 5.41 Å². The van der Waals surface area contributed by atoms with Gasteiger partial charge in [-0.2, -0.15) is 0 Å². The van der Waals surface area contributed by atoms with Gasteiger partial charge in [0.25, 0.3) is 0 Å². The zero-order valence-electron chi connectivity index (χ0n) is 38.5. The number of esters is 2. The quantitative estimate of drug-likeness (QED) is 0.0350. The maximum atomic E-state index is 12.2. The standard InChI is InChI=1S/C55H72O7/c1-9-13-14-17-41-20-22-44(23-21-41)50-26-24-45(33-42(50)11-3)46-25-27-51(43(12-4)34-46)49-35-47(18-15-30-61-53(58)39(5)6)52(60-32-29-55(37-56,38-57)28-10-2)48(36-49)19-16-31-62-54(59)40(7)8/h20-27,33-36,56-57H,5,7,9-19,28-32,37-38H2,1-4,6,8H3. The molecule has 0 aliphatic heterocycles. The first kappa shape index (κ1) is 49.7. The fourth-order valence-electron chi connectivity index (χ4n) is 8.08. The molecule has 0 heterocycles. The minimum atomic E-state index is -0.641. The van der Waals surface area contributed by atoms with Crippen LogP contribution in [0.15, 0.2) is 97.1 Å². The number of carbonyl (C=O) groups is 2. The number of aliphatic hydroxyl groups is 2. The van der Waals surface area contributed by atoms with E-state index in [1.807, 2.05) is 6.92 Å². The Labute approximate surface area is 372 Å². The van der Waals surface area contributed by atoms with Crippen molar-refractivity contribution in [3.05, 3.63) is 125 Å². The van der Waals surface area contributed by atoms with Gasteiger partial charge in [-0.15, -0.1) is 0 Å². The van der Waals surface area contributed by atoms with Crippen molar-refractivity contribution in [3.63, 3.8) is 0 Å². The second-order valence-electron chi connectivity index (χ2n) is 16.9. The molecule has 62 heavy (non-hydrogen) atoms. The summed E-state index contributed by atoms with van der Waals surface area (Å²) in [6.07, 6.45) is 10.9. The molecule has 0 saturated heterocycles. The zero-order chi connectivity index (χ0) is 45.1. The number of hydrogen-bond acceptors (Lipinski definition) is 7. The van der Waals surface area contributed by atoms with Crippen LogP contribution in [-0.4, -0.2) is 55.2 Å². The first-order chi connectivity index (χ1) is 29.9. The molecule has 0 spiro atoms. The highest BCUT2D eigenvalue weighted by Crippen LogP contribution is 2.38. The summed E-state index contributed by atoms with van der Waals surface area (Å²) in [4.78, 5) is 24.5. The first-order valence-electron chi connectivity index (χ1n) is 22.9. The molecule has 4 aromatic carbocycles. The fourth-order valence-corrected chi connectivity index (χ4v) is 8.08. The fraction of sp³-hybridized carbons (Fsp3) is 0.455. The van der Waals surface area contributed by atoms with Crippen LogP contribution in [0, 0.1) is 5.41 Å². The van der Waals surface area contributed by atoms with Crippen molar-refractivity contribution < 1.29 is 34.0 Å². The molecule has 2 N–H and O–H groups in total. The van der Waals surface area contributed by atoms with Gasteiger partial charge in [0.1, 0.15) is 5.75 Å². The van der Waals surface area contributed by atoms with Gasteiger partial charge in [-0.3, -0.25) is 0 Å². The predicted octanol–water partition coefficient (Wildman–Crippen LogP) is 12.2. The van der Waals surface area contributed by atoms with E-state index in [9.17, 15) is 19.8 Å². The summed E-state index contributed by atoms with van der Waals surface area (Å²) in [5, 5.41) is 20.6. The highest BCUT2D eigenvalue weighted by Gasteiger charge is 2.28. The Morgan fingerprint density at radius 2 is 1.03 bits per heavy atom. The number of ether oxygens (including phenoxy) is 3. The van der Waals surface area contributed by atoms with E-state index in [1.54, 1.807) is 13.8 Å². The van der Waals surface area contributed by atoms with Gasteiger partial charge in [0.15, 0.2) is 0 Å².